The van der Waals surface area contributed by atoms with Crippen LogP contribution in [0.2, 0.25) is 0 Å². The SMILES string of the molecule is CCOC(=O)c1cc2n(n1)CC(C)(C(=O)NC1CCCC1)N(c1ccc(NC(C)=O)cc1)C2=O. The molecule has 0 saturated heterocycles. The molecular formula is C24H29N5O5. The van der Waals surface area contributed by atoms with Crippen molar-refractivity contribution in [3.05, 3.63) is 41.7 Å². The van der Waals surface area contributed by atoms with Crippen molar-refractivity contribution in [1.29, 1.82) is 0 Å². The lowest BCUT2D eigenvalue weighted by atomic mass is 9.93. The van der Waals surface area contributed by atoms with Crippen LogP contribution in [0, 0.1) is 0 Å². The summed E-state index contributed by atoms with van der Waals surface area (Å²) in [7, 11) is 0. The number of hydrogen-bond acceptors (Lipinski definition) is 6. The fourth-order valence-corrected chi connectivity index (χ4v) is 4.60. The number of carbonyl (C=O) groups excluding carboxylic acids is 4. The van der Waals surface area contributed by atoms with Gasteiger partial charge in [0.05, 0.1) is 13.2 Å². The zero-order chi connectivity index (χ0) is 24.5. The third-order valence-corrected chi connectivity index (χ3v) is 6.26. The van der Waals surface area contributed by atoms with Gasteiger partial charge in [0.1, 0.15) is 11.2 Å². The van der Waals surface area contributed by atoms with Crippen LogP contribution >= 0.6 is 0 Å². The molecule has 0 spiro atoms. The van der Waals surface area contributed by atoms with Gasteiger partial charge in [0.25, 0.3) is 5.91 Å². The zero-order valence-electron chi connectivity index (χ0n) is 19.6. The largest absolute Gasteiger partial charge is 0.461 e. The van der Waals surface area contributed by atoms with E-state index in [1.165, 1.54) is 22.6 Å². The second-order valence-electron chi connectivity index (χ2n) is 8.89. The van der Waals surface area contributed by atoms with E-state index in [1.54, 1.807) is 38.1 Å². The number of esters is 1. The van der Waals surface area contributed by atoms with E-state index in [-0.39, 0.29) is 42.4 Å². The molecule has 1 aromatic heterocycles. The van der Waals surface area contributed by atoms with E-state index in [0.29, 0.717) is 11.4 Å². The first-order chi connectivity index (χ1) is 16.2. The number of nitrogens with zero attached hydrogens (tertiary/aromatic N) is 3. The van der Waals surface area contributed by atoms with Crippen molar-refractivity contribution in [2.45, 2.75) is 64.6 Å². The lowest BCUT2D eigenvalue weighted by Gasteiger charge is -2.43. The topological polar surface area (TPSA) is 123 Å². The van der Waals surface area contributed by atoms with Gasteiger partial charge in [-0.1, -0.05) is 12.8 Å². The van der Waals surface area contributed by atoms with Gasteiger partial charge in [-0.2, -0.15) is 5.10 Å². The van der Waals surface area contributed by atoms with Gasteiger partial charge in [-0.15, -0.1) is 0 Å². The number of fused-ring (bicyclic) bond motifs is 1. The molecule has 2 aromatic rings. The quantitative estimate of drug-likeness (QED) is 0.630. The van der Waals surface area contributed by atoms with Crippen molar-refractivity contribution >= 4 is 35.1 Å². The number of carbonyl (C=O) groups is 4. The number of anilines is 2. The highest BCUT2D eigenvalue weighted by molar-refractivity contribution is 6.12. The number of ether oxygens (including phenoxy) is 1. The molecule has 10 nitrogen and oxygen atoms in total. The molecule has 2 aliphatic rings. The van der Waals surface area contributed by atoms with Crippen LogP contribution in [0.3, 0.4) is 0 Å². The molecule has 3 amide bonds. The van der Waals surface area contributed by atoms with Gasteiger partial charge in [0, 0.05) is 30.4 Å². The molecule has 1 aliphatic heterocycles. The molecule has 1 aromatic carbocycles. The van der Waals surface area contributed by atoms with Crippen LogP contribution in [0.4, 0.5) is 11.4 Å². The number of amides is 3. The molecular weight excluding hydrogens is 438 g/mol. The Labute approximate surface area is 197 Å². The summed E-state index contributed by atoms with van der Waals surface area (Å²) >= 11 is 0. The number of rotatable bonds is 6. The molecule has 1 unspecified atom stereocenters. The minimum absolute atomic E-state index is 0.0200. The zero-order valence-corrected chi connectivity index (χ0v) is 19.6. The Balaban J connectivity index is 1.73. The van der Waals surface area contributed by atoms with Crippen LogP contribution in [0.1, 0.15) is 67.4 Å². The first-order valence-corrected chi connectivity index (χ1v) is 11.5. The fourth-order valence-electron chi connectivity index (χ4n) is 4.60. The maximum atomic E-state index is 13.7. The fraction of sp³-hybridized carbons (Fsp3) is 0.458. The Morgan fingerprint density at radius 2 is 1.85 bits per heavy atom. The maximum Gasteiger partial charge on any atom is 0.358 e. The van der Waals surface area contributed by atoms with Gasteiger partial charge < -0.3 is 15.4 Å². The monoisotopic (exact) mass is 467 g/mol. The molecule has 10 heteroatoms. The Kier molecular flexibility index (Phi) is 6.41. The molecule has 0 radical (unpaired) electrons. The van der Waals surface area contributed by atoms with Gasteiger partial charge in [0.2, 0.25) is 11.8 Å². The Hall–Kier alpha value is -3.69. The normalized spacial score (nSPS) is 20.1. The lowest BCUT2D eigenvalue weighted by Crippen LogP contribution is -2.65. The summed E-state index contributed by atoms with van der Waals surface area (Å²) in [6, 6.07) is 8.18. The van der Waals surface area contributed by atoms with Gasteiger partial charge in [0.15, 0.2) is 5.69 Å². The Morgan fingerprint density at radius 1 is 1.18 bits per heavy atom. The van der Waals surface area contributed by atoms with Gasteiger partial charge >= 0.3 is 5.97 Å². The summed E-state index contributed by atoms with van der Waals surface area (Å²) in [6.45, 7) is 5.05. The smallest absolute Gasteiger partial charge is 0.358 e. The summed E-state index contributed by atoms with van der Waals surface area (Å²) in [5.41, 5.74) is -0.00680. The third-order valence-electron chi connectivity index (χ3n) is 6.26. The minimum atomic E-state index is -1.29. The van der Waals surface area contributed by atoms with Crippen molar-refractivity contribution in [2.24, 2.45) is 0 Å². The van der Waals surface area contributed by atoms with Crippen molar-refractivity contribution in [1.82, 2.24) is 15.1 Å². The molecule has 180 valence electrons. The van der Waals surface area contributed by atoms with Crippen LogP contribution < -0.4 is 15.5 Å². The summed E-state index contributed by atoms with van der Waals surface area (Å²) in [6.07, 6.45) is 3.92. The average Bonchev–Trinajstić information content (AvgIpc) is 3.44. The molecule has 0 bridgehead atoms. The Bertz CT molecular complexity index is 1120. The van der Waals surface area contributed by atoms with Crippen LogP contribution in [-0.2, 0) is 20.9 Å². The molecule has 1 saturated carbocycles. The highest BCUT2D eigenvalue weighted by atomic mass is 16.5. The highest BCUT2D eigenvalue weighted by Gasteiger charge is 2.49. The molecule has 34 heavy (non-hydrogen) atoms. The summed E-state index contributed by atoms with van der Waals surface area (Å²) in [5, 5.41) is 10.1. The van der Waals surface area contributed by atoms with E-state index < -0.39 is 17.4 Å². The summed E-state index contributed by atoms with van der Waals surface area (Å²) in [4.78, 5) is 52.3. The predicted molar refractivity (Wildman–Crippen MR) is 125 cm³/mol. The standard InChI is InChI=1S/C24H29N5O5/c1-4-34-22(32)19-13-20-21(31)29(18-11-9-17(10-12-18)25-15(2)30)24(3,14-28(20)27-19)23(33)26-16-7-5-6-8-16/h9-13,16H,4-8,14H2,1-3H3,(H,25,30)(H,26,33). The van der Waals surface area contributed by atoms with Crippen LogP contribution in [0.5, 0.6) is 0 Å². The summed E-state index contributed by atoms with van der Waals surface area (Å²) < 4.78 is 6.44. The Morgan fingerprint density at radius 3 is 2.47 bits per heavy atom. The number of hydrogen-bond donors (Lipinski definition) is 2. The predicted octanol–water partition coefficient (Wildman–Crippen LogP) is 2.50. The highest BCUT2D eigenvalue weighted by Crippen LogP contribution is 2.34. The van der Waals surface area contributed by atoms with E-state index in [0.717, 1.165) is 25.7 Å². The lowest BCUT2D eigenvalue weighted by molar-refractivity contribution is -0.127. The average molecular weight is 468 g/mol. The first-order valence-electron chi connectivity index (χ1n) is 11.5. The summed E-state index contributed by atoms with van der Waals surface area (Å²) in [5.74, 6) is -1.57. The molecule has 1 fully saturated rings. The van der Waals surface area contributed by atoms with E-state index in [2.05, 4.69) is 15.7 Å². The molecule has 1 aliphatic carbocycles. The number of aromatic nitrogens is 2. The third kappa shape index (κ3) is 4.40. The first kappa shape index (κ1) is 23.5. The van der Waals surface area contributed by atoms with E-state index >= 15 is 0 Å². The molecule has 4 rings (SSSR count). The van der Waals surface area contributed by atoms with Crippen molar-refractivity contribution < 1.29 is 23.9 Å². The van der Waals surface area contributed by atoms with E-state index in [9.17, 15) is 19.2 Å². The van der Waals surface area contributed by atoms with Crippen LogP contribution in [0.25, 0.3) is 0 Å². The number of nitrogens with one attached hydrogen (secondary N) is 2. The van der Waals surface area contributed by atoms with Crippen LogP contribution in [-0.4, -0.2) is 51.7 Å². The van der Waals surface area contributed by atoms with E-state index in [4.69, 9.17) is 4.74 Å². The molecule has 1 atom stereocenters. The molecule has 2 N–H and O–H groups in total. The van der Waals surface area contributed by atoms with E-state index in [1.807, 2.05) is 0 Å². The number of benzene rings is 1. The van der Waals surface area contributed by atoms with Crippen LogP contribution in [0.15, 0.2) is 30.3 Å². The second kappa shape index (κ2) is 9.28. The van der Waals surface area contributed by atoms with Gasteiger partial charge in [-0.25, -0.2) is 4.79 Å². The van der Waals surface area contributed by atoms with Crippen molar-refractivity contribution in [2.75, 3.05) is 16.8 Å². The minimum Gasteiger partial charge on any atom is -0.461 e. The second-order valence-corrected chi connectivity index (χ2v) is 8.89. The maximum absolute atomic E-state index is 13.7. The molecule has 2 heterocycles. The van der Waals surface area contributed by atoms with Crippen molar-refractivity contribution in [3.63, 3.8) is 0 Å². The van der Waals surface area contributed by atoms with Gasteiger partial charge in [-0.3, -0.25) is 24.0 Å². The van der Waals surface area contributed by atoms with Crippen molar-refractivity contribution in [3.8, 4) is 0 Å². The van der Waals surface area contributed by atoms with Gasteiger partial charge in [-0.05, 0) is 51.0 Å².